The molecule has 0 fully saturated rings. The van der Waals surface area contributed by atoms with Crippen LogP contribution in [0.2, 0.25) is 0 Å². The minimum atomic E-state index is -0.270. The quantitative estimate of drug-likeness (QED) is 0.606. The summed E-state index contributed by atoms with van der Waals surface area (Å²) in [5, 5.41) is 4.46. The topological polar surface area (TPSA) is 65.7 Å². The molecule has 1 aromatic heterocycles. The van der Waals surface area contributed by atoms with Crippen molar-refractivity contribution in [2.24, 2.45) is 0 Å². The van der Waals surface area contributed by atoms with Crippen molar-refractivity contribution in [1.29, 1.82) is 0 Å². The van der Waals surface area contributed by atoms with Crippen LogP contribution in [0.5, 0.6) is 0 Å². The third-order valence-corrected chi connectivity index (χ3v) is 1.47. The van der Waals surface area contributed by atoms with E-state index in [0.717, 1.165) is 0 Å². The van der Waals surface area contributed by atoms with Crippen molar-refractivity contribution in [3.63, 3.8) is 0 Å². The van der Waals surface area contributed by atoms with E-state index in [4.69, 9.17) is 0 Å². The molecule has 4 heteroatoms. The van der Waals surface area contributed by atoms with Gasteiger partial charge in [0, 0.05) is 11.6 Å². The Labute approximate surface area is 63.3 Å². The fourth-order valence-corrected chi connectivity index (χ4v) is 0.862. The highest BCUT2D eigenvalue weighted by Gasteiger charge is 2.03. The molecule has 0 amide bonds. The van der Waals surface area contributed by atoms with Crippen LogP contribution in [0.15, 0.2) is 15.7 Å². The molecule has 11 heavy (non-hydrogen) atoms. The van der Waals surface area contributed by atoms with Crippen molar-refractivity contribution in [3.8, 4) is 0 Å². The van der Waals surface area contributed by atoms with Crippen molar-refractivity contribution in [1.82, 2.24) is 10.2 Å². The van der Waals surface area contributed by atoms with E-state index in [1.54, 1.807) is 0 Å². The number of hydrogen-bond acceptors (Lipinski definition) is 2. The molecule has 0 aromatic carbocycles. The summed E-state index contributed by atoms with van der Waals surface area (Å²) in [4.78, 5) is 21.7. The number of hydrogen-bond donors (Lipinski definition) is 2. The third-order valence-electron chi connectivity index (χ3n) is 1.47. The summed E-state index contributed by atoms with van der Waals surface area (Å²) in [7, 11) is 0. The van der Waals surface area contributed by atoms with Gasteiger partial charge in [0.25, 0.3) is 11.1 Å². The van der Waals surface area contributed by atoms with Gasteiger partial charge in [-0.05, 0) is 5.92 Å². The average molecular weight is 154 g/mol. The van der Waals surface area contributed by atoms with Crippen LogP contribution in [0.1, 0.15) is 25.3 Å². The van der Waals surface area contributed by atoms with Crippen LogP contribution >= 0.6 is 0 Å². The molecule has 60 valence electrons. The largest absolute Gasteiger partial charge is 0.268 e. The Hall–Kier alpha value is -1.32. The summed E-state index contributed by atoms with van der Waals surface area (Å²) in [6.07, 6.45) is 0. The fraction of sp³-hybridized carbons (Fsp3) is 0.429. The van der Waals surface area contributed by atoms with Gasteiger partial charge < -0.3 is 0 Å². The molecule has 4 nitrogen and oxygen atoms in total. The van der Waals surface area contributed by atoms with E-state index in [1.807, 2.05) is 13.8 Å². The molecule has 1 rings (SSSR count). The van der Waals surface area contributed by atoms with Crippen molar-refractivity contribution in [2.75, 3.05) is 0 Å². The van der Waals surface area contributed by atoms with E-state index < -0.39 is 0 Å². The molecule has 0 saturated carbocycles. The second-order valence-electron chi connectivity index (χ2n) is 2.70. The van der Waals surface area contributed by atoms with Gasteiger partial charge in [-0.15, -0.1) is 0 Å². The summed E-state index contributed by atoms with van der Waals surface area (Å²) in [5.41, 5.74) is 0.0293. The molecule has 0 radical (unpaired) electrons. The first kappa shape index (κ1) is 7.78. The van der Waals surface area contributed by atoms with Gasteiger partial charge >= 0.3 is 0 Å². The highest BCUT2D eigenvalue weighted by atomic mass is 16.1. The third kappa shape index (κ3) is 1.58. The van der Waals surface area contributed by atoms with Crippen LogP contribution in [0.4, 0.5) is 0 Å². The number of aromatic amines is 2. The Morgan fingerprint density at radius 2 is 1.91 bits per heavy atom. The van der Waals surface area contributed by atoms with Gasteiger partial charge in [-0.3, -0.25) is 19.8 Å². The van der Waals surface area contributed by atoms with Crippen LogP contribution < -0.4 is 11.1 Å². The van der Waals surface area contributed by atoms with Gasteiger partial charge in [0.15, 0.2) is 0 Å². The highest BCUT2D eigenvalue weighted by molar-refractivity contribution is 5.10. The number of H-pyrrole nitrogens is 2. The molecule has 1 heterocycles. The number of aromatic nitrogens is 2. The van der Waals surface area contributed by atoms with E-state index in [9.17, 15) is 9.59 Å². The van der Waals surface area contributed by atoms with Crippen LogP contribution in [0.25, 0.3) is 0 Å². The van der Waals surface area contributed by atoms with Gasteiger partial charge in [0.1, 0.15) is 0 Å². The summed E-state index contributed by atoms with van der Waals surface area (Å²) in [6, 6.07) is 1.32. The molecule has 0 aliphatic carbocycles. The van der Waals surface area contributed by atoms with Crippen molar-refractivity contribution < 1.29 is 0 Å². The minimum Gasteiger partial charge on any atom is -0.268 e. The zero-order valence-corrected chi connectivity index (χ0v) is 6.47. The van der Waals surface area contributed by atoms with Crippen LogP contribution in [-0.2, 0) is 0 Å². The first-order valence-electron chi connectivity index (χ1n) is 3.43. The minimum absolute atomic E-state index is 0.0843. The Morgan fingerprint density at radius 1 is 1.27 bits per heavy atom. The van der Waals surface area contributed by atoms with E-state index in [1.165, 1.54) is 6.07 Å². The Morgan fingerprint density at radius 3 is 2.36 bits per heavy atom. The SMILES string of the molecule is CC(C)c1cc(=O)[nH][nH]c1=O. The zero-order valence-electron chi connectivity index (χ0n) is 6.47. The van der Waals surface area contributed by atoms with Crippen LogP contribution in [0, 0.1) is 0 Å². The maximum atomic E-state index is 11.0. The Kier molecular flexibility index (Phi) is 1.94. The molecule has 0 saturated heterocycles. The number of rotatable bonds is 1. The van der Waals surface area contributed by atoms with Gasteiger partial charge in [0.05, 0.1) is 0 Å². The summed E-state index contributed by atoms with van der Waals surface area (Å²) in [5.74, 6) is 0.0843. The van der Waals surface area contributed by atoms with E-state index in [0.29, 0.717) is 5.56 Å². The van der Waals surface area contributed by atoms with Gasteiger partial charge in [-0.25, -0.2) is 0 Å². The molecule has 0 aliphatic rings. The fourth-order valence-electron chi connectivity index (χ4n) is 0.862. The monoisotopic (exact) mass is 154 g/mol. The van der Waals surface area contributed by atoms with E-state index >= 15 is 0 Å². The van der Waals surface area contributed by atoms with E-state index in [2.05, 4.69) is 10.2 Å². The maximum Gasteiger partial charge on any atom is 0.266 e. The summed E-state index contributed by atoms with van der Waals surface area (Å²) < 4.78 is 0. The van der Waals surface area contributed by atoms with Crippen molar-refractivity contribution >= 4 is 0 Å². The maximum absolute atomic E-state index is 11.0. The molecular weight excluding hydrogens is 144 g/mol. The second-order valence-corrected chi connectivity index (χ2v) is 2.70. The van der Waals surface area contributed by atoms with Gasteiger partial charge in [-0.2, -0.15) is 0 Å². The predicted octanol–water partition coefficient (Wildman–Crippen LogP) is 0.187. The average Bonchev–Trinajstić information content (AvgIpc) is 1.94. The molecular formula is C7H10N2O2. The smallest absolute Gasteiger partial charge is 0.266 e. The molecule has 0 unspecified atom stereocenters. The molecule has 0 atom stereocenters. The normalized spacial score (nSPS) is 10.5. The molecule has 0 aliphatic heterocycles. The Bertz CT molecular complexity index is 348. The second kappa shape index (κ2) is 2.74. The first-order valence-corrected chi connectivity index (χ1v) is 3.43. The summed E-state index contributed by atoms with van der Waals surface area (Å²) >= 11 is 0. The molecule has 1 aromatic rings. The lowest BCUT2D eigenvalue weighted by molar-refractivity contribution is 0.810. The van der Waals surface area contributed by atoms with Crippen molar-refractivity contribution in [3.05, 3.63) is 32.3 Å². The van der Waals surface area contributed by atoms with Gasteiger partial charge in [0.2, 0.25) is 0 Å². The highest BCUT2D eigenvalue weighted by Crippen LogP contribution is 2.04. The lowest BCUT2D eigenvalue weighted by Crippen LogP contribution is -2.22. The Balaban J connectivity index is 3.35. The first-order chi connectivity index (χ1) is 5.11. The standard InChI is InChI=1S/C7H10N2O2/c1-4(2)5-3-6(10)8-9-7(5)11/h3-4H,1-2H3,(H,8,10)(H,9,11). The lowest BCUT2D eigenvalue weighted by atomic mass is 10.1. The van der Waals surface area contributed by atoms with Crippen molar-refractivity contribution in [2.45, 2.75) is 19.8 Å². The number of nitrogens with one attached hydrogen (secondary N) is 2. The molecule has 0 spiro atoms. The molecule has 2 N–H and O–H groups in total. The van der Waals surface area contributed by atoms with Gasteiger partial charge in [-0.1, -0.05) is 13.8 Å². The molecule has 0 bridgehead atoms. The lowest BCUT2D eigenvalue weighted by Gasteiger charge is -2.00. The van der Waals surface area contributed by atoms with Crippen LogP contribution in [0.3, 0.4) is 0 Å². The van der Waals surface area contributed by atoms with Crippen LogP contribution in [-0.4, -0.2) is 10.2 Å². The predicted molar refractivity (Wildman–Crippen MR) is 41.8 cm³/mol. The zero-order chi connectivity index (χ0) is 8.43. The van der Waals surface area contributed by atoms with E-state index in [-0.39, 0.29) is 17.0 Å². The summed E-state index contributed by atoms with van der Waals surface area (Å²) in [6.45, 7) is 3.73.